The normalized spacial score (nSPS) is 35.0. The van der Waals surface area contributed by atoms with Gasteiger partial charge in [-0.25, -0.2) is 4.79 Å². The third kappa shape index (κ3) is 2.78. The minimum absolute atomic E-state index is 0.0607. The van der Waals surface area contributed by atoms with Gasteiger partial charge in [-0.3, -0.25) is 15.0 Å². The number of ether oxygens (including phenoxy) is 1. The molecule has 5 atom stereocenters. The molecule has 0 aromatic heterocycles. The van der Waals surface area contributed by atoms with Crippen molar-refractivity contribution in [1.29, 1.82) is 0 Å². The topological polar surface area (TPSA) is 145 Å². The van der Waals surface area contributed by atoms with Crippen LogP contribution in [0.5, 0.6) is 0 Å². The van der Waals surface area contributed by atoms with Crippen LogP contribution < -0.4 is 11.1 Å². The second-order valence-electron chi connectivity index (χ2n) is 5.33. The quantitative estimate of drug-likeness (QED) is 0.282. The Morgan fingerprint density at radius 3 is 2.48 bits per heavy atom. The molecule has 2 saturated heterocycles. The van der Waals surface area contributed by atoms with Crippen LogP contribution in [0.3, 0.4) is 0 Å². The van der Waals surface area contributed by atoms with E-state index in [-0.39, 0.29) is 6.54 Å². The molecule has 0 aliphatic carbocycles. The Hall–Kier alpha value is -1.52. The Bertz CT molecular complexity index is 487. The van der Waals surface area contributed by atoms with Crippen LogP contribution in [0.4, 0.5) is 4.79 Å². The fraction of sp³-hybridized carbons (Fsp3) is 0.667. The first-order chi connectivity index (χ1) is 9.73. The standard InChI is InChI=1S/C12H19N3O6/c1-4(2)5-3-15(12(20)14-10(5)19)11-7(17)6(16)8(21-11)9(13)18/h6-9,11,16-18H,3,13H2,1-2H3,(H,14,19,20)/t6-,7+,8-,9?,11+/m0/s1. The molecule has 2 fully saturated rings. The molecule has 0 aromatic carbocycles. The Morgan fingerprint density at radius 2 is 2.00 bits per heavy atom. The van der Waals surface area contributed by atoms with Crippen LogP contribution in [0.1, 0.15) is 13.8 Å². The average molecular weight is 301 g/mol. The highest BCUT2D eigenvalue weighted by Crippen LogP contribution is 2.27. The van der Waals surface area contributed by atoms with Gasteiger partial charge in [0, 0.05) is 5.57 Å². The van der Waals surface area contributed by atoms with E-state index in [1.54, 1.807) is 13.8 Å². The van der Waals surface area contributed by atoms with Gasteiger partial charge in [-0.1, -0.05) is 5.57 Å². The van der Waals surface area contributed by atoms with E-state index in [4.69, 9.17) is 10.5 Å². The summed E-state index contributed by atoms with van der Waals surface area (Å²) in [5.41, 5.74) is 6.34. The number of carbonyl (C=O) groups is 2. The van der Waals surface area contributed by atoms with Gasteiger partial charge in [0.15, 0.2) is 6.23 Å². The number of nitrogens with zero attached hydrogens (tertiary/aromatic N) is 1. The second kappa shape index (κ2) is 5.70. The first-order valence-electron chi connectivity index (χ1n) is 6.47. The SMILES string of the molecule is CC(C)=C1CN([C@@H]2O[C@H](C(N)O)[C@@H](O)[C@H]2O)C(=O)NC1=O. The van der Waals surface area contributed by atoms with Gasteiger partial charge >= 0.3 is 6.03 Å². The molecule has 0 bridgehead atoms. The number of nitrogens with one attached hydrogen (secondary N) is 1. The maximum Gasteiger partial charge on any atom is 0.326 e. The fourth-order valence-electron chi connectivity index (χ4n) is 2.37. The summed E-state index contributed by atoms with van der Waals surface area (Å²) in [5.74, 6) is -0.500. The zero-order valence-electron chi connectivity index (χ0n) is 11.7. The van der Waals surface area contributed by atoms with E-state index in [0.717, 1.165) is 4.90 Å². The number of aliphatic hydroxyl groups is 3. The molecule has 0 spiro atoms. The van der Waals surface area contributed by atoms with E-state index >= 15 is 0 Å². The summed E-state index contributed by atoms with van der Waals surface area (Å²) in [5, 5.41) is 31.2. The van der Waals surface area contributed by atoms with Crippen LogP contribution in [0.25, 0.3) is 0 Å². The maximum absolute atomic E-state index is 11.9. The van der Waals surface area contributed by atoms with Gasteiger partial charge in [-0.15, -0.1) is 0 Å². The van der Waals surface area contributed by atoms with E-state index < -0.39 is 42.7 Å². The number of aliphatic hydroxyl groups excluding tert-OH is 3. The second-order valence-corrected chi connectivity index (χ2v) is 5.33. The first-order valence-corrected chi connectivity index (χ1v) is 6.47. The molecule has 9 heteroatoms. The van der Waals surface area contributed by atoms with Gasteiger partial charge in [-0.2, -0.15) is 0 Å². The third-order valence-corrected chi connectivity index (χ3v) is 3.61. The molecular formula is C12H19N3O6. The molecule has 9 nitrogen and oxygen atoms in total. The number of rotatable bonds is 2. The van der Waals surface area contributed by atoms with Crippen molar-refractivity contribution in [2.75, 3.05) is 6.54 Å². The summed E-state index contributed by atoms with van der Waals surface area (Å²) >= 11 is 0. The van der Waals surface area contributed by atoms with Crippen molar-refractivity contribution in [3.05, 3.63) is 11.1 Å². The molecule has 3 amide bonds. The number of hydrogen-bond acceptors (Lipinski definition) is 7. The molecule has 0 aromatic rings. The van der Waals surface area contributed by atoms with Crippen molar-refractivity contribution >= 4 is 11.9 Å². The van der Waals surface area contributed by atoms with Gasteiger partial charge < -0.3 is 25.8 Å². The van der Waals surface area contributed by atoms with Crippen LogP contribution in [0.2, 0.25) is 0 Å². The summed E-state index contributed by atoms with van der Waals surface area (Å²) < 4.78 is 5.28. The molecule has 2 rings (SSSR count). The van der Waals surface area contributed by atoms with Crippen molar-refractivity contribution in [2.45, 2.75) is 44.6 Å². The van der Waals surface area contributed by atoms with Crippen LogP contribution in [-0.4, -0.2) is 69.5 Å². The van der Waals surface area contributed by atoms with Crippen LogP contribution in [0.15, 0.2) is 11.1 Å². The molecule has 21 heavy (non-hydrogen) atoms. The number of carbonyl (C=O) groups excluding carboxylic acids is 2. The number of hydrogen-bond donors (Lipinski definition) is 5. The molecule has 118 valence electrons. The van der Waals surface area contributed by atoms with Gasteiger partial charge in [0.05, 0.1) is 6.54 Å². The molecule has 6 N–H and O–H groups in total. The lowest BCUT2D eigenvalue weighted by molar-refractivity contribution is -0.122. The number of amides is 3. The van der Waals surface area contributed by atoms with Crippen molar-refractivity contribution in [2.24, 2.45) is 5.73 Å². The highest BCUT2D eigenvalue weighted by molar-refractivity contribution is 6.07. The summed E-state index contributed by atoms with van der Waals surface area (Å²) in [4.78, 5) is 24.7. The Kier molecular flexibility index (Phi) is 4.30. The molecule has 0 radical (unpaired) electrons. The smallest absolute Gasteiger partial charge is 0.326 e. The van der Waals surface area contributed by atoms with E-state index in [9.17, 15) is 24.9 Å². The predicted octanol–water partition coefficient (Wildman–Crippen LogP) is -2.40. The number of nitrogens with two attached hydrogens (primary N) is 1. The number of allylic oxidation sites excluding steroid dienone is 1. The predicted molar refractivity (Wildman–Crippen MR) is 69.5 cm³/mol. The lowest BCUT2D eigenvalue weighted by Gasteiger charge is -2.34. The van der Waals surface area contributed by atoms with Crippen molar-refractivity contribution < 1.29 is 29.6 Å². The highest BCUT2D eigenvalue weighted by Gasteiger charge is 2.50. The van der Waals surface area contributed by atoms with E-state index in [1.807, 2.05) is 0 Å². The molecule has 2 heterocycles. The van der Waals surface area contributed by atoms with Crippen LogP contribution in [0, 0.1) is 0 Å². The fourth-order valence-corrected chi connectivity index (χ4v) is 2.37. The Labute approximate surface area is 121 Å². The van der Waals surface area contributed by atoms with Crippen molar-refractivity contribution in [3.63, 3.8) is 0 Å². The average Bonchev–Trinajstić information content (AvgIpc) is 2.66. The Balaban J connectivity index is 2.23. The summed E-state index contributed by atoms with van der Waals surface area (Å²) in [7, 11) is 0. The van der Waals surface area contributed by atoms with E-state index in [2.05, 4.69) is 5.32 Å². The lowest BCUT2D eigenvalue weighted by Crippen LogP contribution is -2.57. The highest BCUT2D eigenvalue weighted by atomic mass is 16.6. The largest absolute Gasteiger partial charge is 0.387 e. The molecule has 2 aliphatic heterocycles. The minimum atomic E-state index is -1.50. The molecule has 0 saturated carbocycles. The summed E-state index contributed by atoms with van der Waals surface area (Å²) in [6.07, 6.45) is -6.80. The van der Waals surface area contributed by atoms with Gasteiger partial charge in [0.25, 0.3) is 5.91 Å². The van der Waals surface area contributed by atoms with Gasteiger partial charge in [0.2, 0.25) is 0 Å². The minimum Gasteiger partial charge on any atom is -0.387 e. The molecule has 1 unspecified atom stereocenters. The maximum atomic E-state index is 11.9. The zero-order chi connectivity index (χ0) is 15.9. The Morgan fingerprint density at radius 1 is 1.38 bits per heavy atom. The lowest BCUT2D eigenvalue weighted by atomic mass is 10.1. The monoisotopic (exact) mass is 301 g/mol. The summed E-state index contributed by atoms with van der Waals surface area (Å²) in [6, 6.07) is -0.742. The summed E-state index contributed by atoms with van der Waals surface area (Å²) in [6.45, 7) is 3.38. The van der Waals surface area contributed by atoms with E-state index in [0.29, 0.717) is 11.1 Å². The molecular weight excluding hydrogens is 282 g/mol. The molecule has 2 aliphatic rings. The van der Waals surface area contributed by atoms with Crippen molar-refractivity contribution in [3.8, 4) is 0 Å². The zero-order valence-corrected chi connectivity index (χ0v) is 11.7. The van der Waals surface area contributed by atoms with Crippen LogP contribution >= 0.6 is 0 Å². The van der Waals surface area contributed by atoms with Gasteiger partial charge in [0.1, 0.15) is 24.5 Å². The van der Waals surface area contributed by atoms with E-state index in [1.165, 1.54) is 0 Å². The van der Waals surface area contributed by atoms with Crippen LogP contribution in [-0.2, 0) is 9.53 Å². The third-order valence-electron chi connectivity index (χ3n) is 3.61. The van der Waals surface area contributed by atoms with Crippen molar-refractivity contribution in [1.82, 2.24) is 10.2 Å². The number of urea groups is 1. The number of imide groups is 1. The van der Waals surface area contributed by atoms with Gasteiger partial charge in [-0.05, 0) is 13.8 Å². The first kappa shape index (κ1) is 15.9.